The Morgan fingerprint density at radius 1 is 1.30 bits per heavy atom. The fraction of sp³-hybridized carbons (Fsp3) is 0.462. The lowest BCUT2D eigenvalue weighted by Crippen LogP contribution is -2.58. The van der Waals surface area contributed by atoms with Gasteiger partial charge in [0.2, 0.25) is 0 Å². The molecule has 108 valence electrons. The Hall–Kier alpha value is -2.31. The zero-order valence-corrected chi connectivity index (χ0v) is 11.4. The van der Waals surface area contributed by atoms with Crippen LogP contribution in [0.4, 0.5) is 10.6 Å². The van der Waals surface area contributed by atoms with Crippen molar-refractivity contribution in [3.8, 4) is 0 Å². The van der Waals surface area contributed by atoms with E-state index in [0.29, 0.717) is 12.4 Å². The van der Waals surface area contributed by atoms with Gasteiger partial charge in [0.15, 0.2) is 0 Å². The number of hydrogen-bond acceptors (Lipinski definition) is 4. The minimum absolute atomic E-state index is 0.110. The molecule has 0 bridgehead atoms. The highest BCUT2D eigenvalue weighted by molar-refractivity contribution is 5.80. The second-order valence-electron chi connectivity index (χ2n) is 4.93. The summed E-state index contributed by atoms with van der Waals surface area (Å²) in [6.07, 6.45) is 0.521. The van der Waals surface area contributed by atoms with Crippen molar-refractivity contribution in [2.24, 2.45) is 0 Å². The standard InChI is InChI=1S/C13H17N3O4/c1-8-5-9(2)11(14-6-8)15-3-4-16(13(19)20)10(7-15)12(17)18/h5-6,10H,3-4,7H2,1-2H3,(H,17,18)(H,19,20)/t10-/m0/s1. The molecule has 0 radical (unpaired) electrons. The number of amides is 1. The Balaban J connectivity index is 2.24. The van der Waals surface area contributed by atoms with Crippen LogP contribution in [0.5, 0.6) is 0 Å². The van der Waals surface area contributed by atoms with E-state index in [1.807, 2.05) is 24.8 Å². The molecular weight excluding hydrogens is 262 g/mol. The van der Waals surface area contributed by atoms with E-state index in [1.165, 1.54) is 0 Å². The van der Waals surface area contributed by atoms with E-state index < -0.39 is 18.1 Å². The molecule has 1 aromatic heterocycles. The summed E-state index contributed by atoms with van der Waals surface area (Å²) in [6, 6.07) is 0.908. The topological polar surface area (TPSA) is 94.0 Å². The van der Waals surface area contributed by atoms with E-state index in [4.69, 9.17) is 5.11 Å². The highest BCUT2D eigenvalue weighted by Crippen LogP contribution is 2.21. The van der Waals surface area contributed by atoms with Gasteiger partial charge in [-0.15, -0.1) is 0 Å². The Morgan fingerprint density at radius 2 is 2.00 bits per heavy atom. The fourth-order valence-corrected chi connectivity index (χ4v) is 2.45. The van der Waals surface area contributed by atoms with Gasteiger partial charge in [-0.2, -0.15) is 0 Å². The number of aromatic nitrogens is 1. The van der Waals surface area contributed by atoms with E-state index in [1.54, 1.807) is 6.20 Å². The van der Waals surface area contributed by atoms with Crippen LogP contribution < -0.4 is 4.90 Å². The molecule has 1 aliphatic heterocycles. The van der Waals surface area contributed by atoms with Gasteiger partial charge in [-0.25, -0.2) is 14.6 Å². The van der Waals surface area contributed by atoms with Gasteiger partial charge in [0, 0.05) is 19.3 Å². The minimum Gasteiger partial charge on any atom is -0.480 e. The van der Waals surface area contributed by atoms with Crippen LogP contribution in [0.25, 0.3) is 0 Å². The van der Waals surface area contributed by atoms with E-state index in [9.17, 15) is 14.7 Å². The van der Waals surface area contributed by atoms with Crippen LogP contribution in [0.1, 0.15) is 11.1 Å². The zero-order valence-electron chi connectivity index (χ0n) is 11.4. The molecule has 1 saturated heterocycles. The molecule has 0 saturated carbocycles. The number of carboxylic acid groups (broad SMARTS) is 2. The average Bonchev–Trinajstić information content (AvgIpc) is 2.37. The molecule has 2 heterocycles. The van der Waals surface area contributed by atoms with Crippen molar-refractivity contribution in [1.82, 2.24) is 9.88 Å². The number of pyridine rings is 1. The van der Waals surface area contributed by atoms with Gasteiger partial charge in [0.25, 0.3) is 0 Å². The summed E-state index contributed by atoms with van der Waals surface area (Å²) in [4.78, 5) is 29.4. The van der Waals surface area contributed by atoms with Gasteiger partial charge in [0.1, 0.15) is 11.9 Å². The number of piperazine rings is 1. The molecule has 1 aliphatic rings. The Morgan fingerprint density at radius 3 is 2.55 bits per heavy atom. The summed E-state index contributed by atoms with van der Waals surface area (Å²) in [7, 11) is 0. The normalized spacial score (nSPS) is 19.0. The van der Waals surface area contributed by atoms with Crippen LogP contribution in [-0.2, 0) is 4.79 Å². The van der Waals surface area contributed by atoms with Gasteiger partial charge in [-0.05, 0) is 25.0 Å². The smallest absolute Gasteiger partial charge is 0.408 e. The first-order valence-corrected chi connectivity index (χ1v) is 6.30. The van der Waals surface area contributed by atoms with Gasteiger partial charge < -0.3 is 15.1 Å². The number of nitrogens with zero attached hydrogens (tertiary/aromatic N) is 3. The van der Waals surface area contributed by atoms with Crippen molar-refractivity contribution in [1.29, 1.82) is 0 Å². The quantitative estimate of drug-likeness (QED) is 0.837. The van der Waals surface area contributed by atoms with Crippen molar-refractivity contribution >= 4 is 17.9 Å². The lowest BCUT2D eigenvalue weighted by Gasteiger charge is -2.38. The van der Waals surface area contributed by atoms with E-state index >= 15 is 0 Å². The van der Waals surface area contributed by atoms with Crippen LogP contribution in [0.15, 0.2) is 12.3 Å². The van der Waals surface area contributed by atoms with Crippen LogP contribution >= 0.6 is 0 Å². The Kier molecular flexibility index (Phi) is 3.78. The van der Waals surface area contributed by atoms with E-state index in [-0.39, 0.29) is 13.1 Å². The lowest BCUT2D eigenvalue weighted by molar-refractivity contribution is -0.142. The summed E-state index contributed by atoms with van der Waals surface area (Å²) in [6.45, 7) is 4.55. The first kappa shape index (κ1) is 14.1. The molecule has 0 spiro atoms. The van der Waals surface area contributed by atoms with Gasteiger partial charge in [0.05, 0.1) is 6.54 Å². The highest BCUT2D eigenvalue weighted by Gasteiger charge is 2.36. The molecule has 1 fully saturated rings. The number of aryl methyl sites for hydroxylation is 2. The third kappa shape index (κ3) is 2.66. The summed E-state index contributed by atoms with van der Waals surface area (Å²) in [5.74, 6) is -0.422. The fourth-order valence-electron chi connectivity index (χ4n) is 2.45. The van der Waals surface area contributed by atoms with Crippen LogP contribution in [0.2, 0.25) is 0 Å². The highest BCUT2D eigenvalue weighted by atomic mass is 16.4. The maximum absolute atomic E-state index is 11.2. The number of rotatable bonds is 2. The summed E-state index contributed by atoms with van der Waals surface area (Å²) >= 11 is 0. The molecule has 7 heteroatoms. The van der Waals surface area contributed by atoms with E-state index in [2.05, 4.69) is 4.98 Å². The number of aliphatic carboxylic acids is 1. The number of carboxylic acids is 1. The van der Waals surface area contributed by atoms with Crippen molar-refractivity contribution < 1.29 is 19.8 Å². The molecule has 0 unspecified atom stereocenters. The predicted molar refractivity (Wildman–Crippen MR) is 72.1 cm³/mol. The minimum atomic E-state index is -1.20. The van der Waals surface area contributed by atoms with Crippen molar-refractivity contribution in [3.05, 3.63) is 23.4 Å². The molecule has 20 heavy (non-hydrogen) atoms. The largest absolute Gasteiger partial charge is 0.480 e. The molecule has 7 nitrogen and oxygen atoms in total. The van der Waals surface area contributed by atoms with Crippen LogP contribution in [-0.4, -0.2) is 57.8 Å². The molecule has 0 aliphatic carbocycles. The Labute approximate surface area is 116 Å². The molecule has 1 amide bonds. The van der Waals surface area contributed by atoms with Gasteiger partial charge in [-0.1, -0.05) is 6.07 Å². The number of carbonyl (C=O) groups is 2. The number of anilines is 1. The Bertz CT molecular complexity index is 546. The van der Waals surface area contributed by atoms with Gasteiger partial charge >= 0.3 is 12.1 Å². The molecule has 1 atom stereocenters. The SMILES string of the molecule is Cc1cnc(N2CCN(C(=O)O)[C@H](C(=O)O)C2)c(C)c1. The van der Waals surface area contributed by atoms with Gasteiger partial charge in [-0.3, -0.25) is 4.90 Å². The lowest BCUT2D eigenvalue weighted by atomic mass is 10.1. The third-order valence-corrected chi connectivity index (χ3v) is 3.40. The molecule has 0 aromatic carbocycles. The number of hydrogen-bond donors (Lipinski definition) is 2. The van der Waals surface area contributed by atoms with Crippen molar-refractivity contribution in [2.45, 2.75) is 19.9 Å². The first-order chi connectivity index (χ1) is 9.40. The zero-order chi connectivity index (χ0) is 14.9. The second kappa shape index (κ2) is 5.36. The maximum Gasteiger partial charge on any atom is 0.408 e. The van der Waals surface area contributed by atoms with Crippen LogP contribution in [0.3, 0.4) is 0 Å². The van der Waals surface area contributed by atoms with Crippen molar-refractivity contribution in [2.75, 3.05) is 24.5 Å². The summed E-state index contributed by atoms with van der Waals surface area (Å²) < 4.78 is 0. The van der Waals surface area contributed by atoms with Crippen molar-refractivity contribution in [3.63, 3.8) is 0 Å². The predicted octanol–water partition coefficient (Wildman–Crippen LogP) is 0.952. The summed E-state index contributed by atoms with van der Waals surface area (Å²) in [5.41, 5.74) is 1.99. The molecule has 2 N–H and O–H groups in total. The summed E-state index contributed by atoms with van der Waals surface area (Å²) in [5, 5.41) is 18.2. The second-order valence-corrected chi connectivity index (χ2v) is 4.93. The monoisotopic (exact) mass is 279 g/mol. The molecule has 2 rings (SSSR count). The maximum atomic E-state index is 11.2. The average molecular weight is 279 g/mol. The molecular formula is C13H17N3O4. The molecule has 1 aromatic rings. The first-order valence-electron chi connectivity index (χ1n) is 6.30. The van der Waals surface area contributed by atoms with Crippen LogP contribution in [0, 0.1) is 13.8 Å². The van der Waals surface area contributed by atoms with E-state index in [0.717, 1.165) is 16.0 Å². The third-order valence-electron chi connectivity index (χ3n) is 3.40.